The van der Waals surface area contributed by atoms with E-state index in [1.807, 2.05) is 89.8 Å². The SMILES string of the molecule is [C-]#[N+]c1cccc2[nH]c(-c3[nH]nc4ncc(-c5cncc(NC(=O)C6CCN(C)CC6)c5)cc34)nc12.[C-]#[N+]c1cccc2[nH]c(-c3[nH]nc4ncc(-c5cncc(NC(=O)N(C)C)c5)cc34)nc12.[C-]#[N+]c1cccc2[nH]c(-c3[nH]nc4ncc(-c5cncc(NC(=O)N6CCN(C)CC6)c5)cc34)nc12.[C-]#[N+]c1cccc2[nH]c(-c3[nH]nc4ncc(-c5cncc(NS(C)(=O)=O)c5)cc34)nc12. The van der Waals surface area contributed by atoms with Gasteiger partial charge in [-0.25, -0.2) is 77.3 Å². The quantitative estimate of drug-likeness (QED) is 0.0450. The number of carbonyl (C=O) groups is 3. The molecule has 0 radical (unpaired) electrons. The number of likely N-dealkylation sites (N-methyl/N-ethyl adjacent to an activating group) is 1. The molecular weight excluding hydrogens is 1730 g/mol. The molecule has 12 N–H and O–H groups in total. The van der Waals surface area contributed by atoms with Crippen LogP contribution in [0.25, 0.3) is 198 Å². The Labute approximate surface area is 765 Å². The van der Waals surface area contributed by atoms with Crippen LogP contribution in [0.5, 0.6) is 0 Å². The largest absolute Gasteiger partial charge is 0.338 e. The van der Waals surface area contributed by atoms with Crippen molar-refractivity contribution in [3.8, 4) is 90.6 Å². The maximum Gasteiger partial charge on any atom is 0.321 e. The first kappa shape index (κ1) is 85.9. The fourth-order valence-electron chi connectivity index (χ4n) is 15.7. The van der Waals surface area contributed by atoms with Gasteiger partial charge in [-0.15, -0.1) is 0 Å². The monoisotopic (exact) mass is 1810 g/mol. The fourth-order valence-corrected chi connectivity index (χ4v) is 16.2. The van der Waals surface area contributed by atoms with Gasteiger partial charge in [0.2, 0.25) is 38.7 Å². The standard InChI is InChI=1S/C26H23N9O.C25H22N10O.C22H17N9O.C20H14N8O2S/c1-27-20-4-3-5-21-23(20)32-25(31-21)22-19-11-17(13-29-24(19)34-33-22)16-10-18(14-28-12-16)30-26(36)15-6-8-35(2)9-7-15;1-26-19-4-3-5-20-22(19)31-24(30-20)21-18-11-16(13-28-23(18)33-32-21)15-10-17(14-27-12-15)29-25(36)35-8-6-34(2)7-9-35;1-23-16-5-4-6-17-19(16)28-21(27-17)18-15-8-13(10-25-20(15)30-29-18)12-7-14(11-24-9-12)26-22(32)31(2)3;1-21-15-4-3-5-16-18(15)25-20(24-16)17-14-7-12(9-23-19(14)27-26-17)11-6-13(10-22-8-11)28-31(2,29)30/h3-5,10-15H,6-9H2,2H3,(H,30,36)(H,31,32)(H,29,33,34);3-5,10-14H,6-9H2,2H3,(H,29,36)(H,30,31)(H,28,32,33);4-11H,2-3H3,(H,26,32)(H,27,28)(H,25,29,30);3-10,28H,2H3,(H,24,25)(H,23,26,27). The van der Waals surface area contributed by atoms with Gasteiger partial charge in [0.05, 0.1) is 146 Å². The molecular formula is C93H76N36O5S. The molecule has 22 rings (SSSR count). The second-order valence-electron chi connectivity index (χ2n) is 32.1. The van der Waals surface area contributed by atoms with Gasteiger partial charge in [-0.2, -0.15) is 20.4 Å². The Hall–Kier alpha value is -18.5. The maximum absolute atomic E-state index is 12.8. The number of piperazine rings is 1. The predicted octanol–water partition coefficient (Wildman–Crippen LogP) is 16.0. The molecule has 2 saturated heterocycles. The summed E-state index contributed by atoms with van der Waals surface area (Å²) in [7, 11) is 4.06. The number of para-hydroxylation sites is 4. The van der Waals surface area contributed by atoms with Crippen molar-refractivity contribution in [2.45, 2.75) is 12.8 Å². The average Bonchev–Trinajstić information content (AvgIpc) is 1.63. The number of fused-ring (bicyclic) bond motifs is 8. The Kier molecular flexibility index (Phi) is 23.3. The third-order valence-electron chi connectivity index (χ3n) is 22.7. The zero-order valence-corrected chi connectivity index (χ0v) is 73.2. The first-order valence-corrected chi connectivity index (χ1v) is 43.9. The third kappa shape index (κ3) is 18.1. The smallest absolute Gasteiger partial charge is 0.321 e. The lowest BCUT2D eigenvalue weighted by atomic mass is 9.96. The molecule has 5 amide bonds. The summed E-state index contributed by atoms with van der Waals surface area (Å²) < 4.78 is 25.5. The number of pyridine rings is 8. The fraction of sp³-hybridized carbons (Fsp3) is 0.151. The maximum atomic E-state index is 12.8. The van der Waals surface area contributed by atoms with Gasteiger partial charge in [-0.3, -0.25) is 49.8 Å². The Morgan fingerprint density at radius 3 is 1.02 bits per heavy atom. The first-order valence-electron chi connectivity index (χ1n) is 42.0. The first-order chi connectivity index (χ1) is 65.6. The summed E-state index contributed by atoms with van der Waals surface area (Å²) in [4.78, 5) is 126. The van der Waals surface area contributed by atoms with Crippen LogP contribution in [0.3, 0.4) is 0 Å². The van der Waals surface area contributed by atoms with E-state index in [0.29, 0.717) is 155 Å². The molecule has 18 heterocycles. The van der Waals surface area contributed by atoms with Gasteiger partial charge in [0.1, 0.15) is 22.8 Å². The molecule has 41 nitrogen and oxygen atoms in total. The Bertz CT molecular complexity index is 8100. The van der Waals surface area contributed by atoms with E-state index in [1.54, 1.807) is 119 Å². The van der Waals surface area contributed by atoms with Crippen molar-refractivity contribution in [3.05, 3.63) is 241 Å². The molecule has 0 bridgehead atoms. The molecule has 0 atom stereocenters. The van der Waals surface area contributed by atoms with Crippen LogP contribution in [-0.2, 0) is 14.8 Å². The summed E-state index contributed by atoms with van der Waals surface area (Å²) in [6.07, 6.45) is 22.7. The zero-order valence-electron chi connectivity index (χ0n) is 72.4. The second kappa shape index (κ2) is 36.6. The molecule has 2 fully saturated rings. The van der Waals surface area contributed by atoms with E-state index in [4.69, 9.17) is 26.3 Å². The lowest BCUT2D eigenvalue weighted by Crippen LogP contribution is -2.48. The number of aromatic nitrogens is 24. The van der Waals surface area contributed by atoms with Crippen LogP contribution in [0.4, 0.5) is 55.1 Å². The second-order valence-corrected chi connectivity index (χ2v) is 33.8. The summed E-state index contributed by atoms with van der Waals surface area (Å²) in [6.45, 7) is 34.4. The highest BCUT2D eigenvalue weighted by molar-refractivity contribution is 7.92. The number of benzene rings is 4. The van der Waals surface area contributed by atoms with Gasteiger partial charge < -0.3 is 55.5 Å². The van der Waals surface area contributed by atoms with E-state index in [2.05, 4.69) is 184 Å². The molecule has 664 valence electrons. The minimum absolute atomic E-state index is 0.0172. The molecule has 42 heteroatoms. The molecule has 0 aliphatic carbocycles. The van der Waals surface area contributed by atoms with Gasteiger partial charge in [0.15, 0.2) is 45.9 Å². The van der Waals surface area contributed by atoms with E-state index in [0.717, 1.165) is 128 Å². The van der Waals surface area contributed by atoms with Crippen LogP contribution >= 0.6 is 0 Å². The number of likely N-dealkylation sites (tertiary alicyclic amines) is 1. The Morgan fingerprint density at radius 2 is 0.696 bits per heavy atom. The van der Waals surface area contributed by atoms with Crippen molar-refractivity contribution in [1.82, 2.24) is 140 Å². The summed E-state index contributed by atoms with van der Waals surface area (Å²) in [6, 6.07) is 36.4. The number of imidazole rings is 4. The van der Waals surface area contributed by atoms with Crippen LogP contribution in [0.1, 0.15) is 12.8 Å². The number of H-pyrrole nitrogens is 8. The number of nitrogens with one attached hydrogen (secondary N) is 12. The lowest BCUT2D eigenvalue weighted by Gasteiger charge is -2.32. The number of hydrogen-bond donors (Lipinski definition) is 12. The number of anilines is 4. The Morgan fingerprint density at radius 1 is 0.393 bits per heavy atom. The van der Waals surface area contributed by atoms with Crippen molar-refractivity contribution < 1.29 is 22.8 Å². The van der Waals surface area contributed by atoms with E-state index in [1.165, 1.54) is 11.1 Å². The minimum Gasteiger partial charge on any atom is -0.338 e. The highest BCUT2D eigenvalue weighted by Gasteiger charge is 2.27. The minimum atomic E-state index is -3.42. The average molecular weight is 1810 g/mol. The molecule has 4 aromatic carbocycles. The summed E-state index contributed by atoms with van der Waals surface area (Å²) in [5.74, 6) is 2.33. The van der Waals surface area contributed by atoms with E-state index < -0.39 is 10.0 Å². The third-order valence-corrected chi connectivity index (χ3v) is 23.3. The van der Waals surface area contributed by atoms with Gasteiger partial charge in [0, 0.05) is 140 Å². The molecule has 0 spiro atoms. The van der Waals surface area contributed by atoms with Crippen LogP contribution in [0, 0.1) is 32.2 Å². The zero-order chi connectivity index (χ0) is 93.1. The number of nitrogens with zero attached hydrogens (tertiary/aromatic N) is 24. The molecule has 2 aliphatic heterocycles. The molecule has 2 aliphatic rings. The number of amides is 5. The van der Waals surface area contributed by atoms with Crippen LogP contribution in [0.2, 0.25) is 0 Å². The number of carbonyl (C=O) groups excluding carboxylic acids is 3. The van der Waals surface area contributed by atoms with Crippen molar-refractivity contribution in [2.75, 3.05) is 94.4 Å². The molecule has 0 saturated carbocycles. The summed E-state index contributed by atoms with van der Waals surface area (Å²) in [5, 5.41) is 41.0. The number of rotatable bonds is 14. The van der Waals surface area contributed by atoms with E-state index in [9.17, 15) is 22.8 Å². The topological polar surface area (TPSA) is 496 Å². The van der Waals surface area contributed by atoms with E-state index >= 15 is 0 Å². The summed E-state index contributed by atoms with van der Waals surface area (Å²) in [5.41, 5.74) is 20.8. The normalized spacial score (nSPS) is 13.0. The van der Waals surface area contributed by atoms with Crippen molar-refractivity contribution in [3.63, 3.8) is 0 Å². The number of urea groups is 2. The van der Waals surface area contributed by atoms with Gasteiger partial charge >= 0.3 is 12.1 Å². The molecule has 20 aromatic rings. The lowest BCUT2D eigenvalue weighted by molar-refractivity contribution is -0.121. The van der Waals surface area contributed by atoms with Crippen LogP contribution < -0.4 is 20.7 Å². The molecule has 0 unspecified atom stereocenters. The Balaban J connectivity index is 0.000000116. The number of hydrogen-bond acceptors (Lipinski definition) is 23. The number of sulfonamides is 1. The van der Waals surface area contributed by atoms with Gasteiger partial charge in [-0.05, 0) is 113 Å². The predicted molar refractivity (Wildman–Crippen MR) is 512 cm³/mol. The van der Waals surface area contributed by atoms with Gasteiger partial charge in [-0.1, -0.05) is 48.5 Å². The van der Waals surface area contributed by atoms with Crippen molar-refractivity contribution >= 4 is 162 Å². The summed E-state index contributed by atoms with van der Waals surface area (Å²) >= 11 is 0. The van der Waals surface area contributed by atoms with Crippen LogP contribution in [0.15, 0.2) is 196 Å². The molecule has 135 heavy (non-hydrogen) atoms. The van der Waals surface area contributed by atoms with E-state index in [-0.39, 0.29) is 23.9 Å². The highest BCUT2D eigenvalue weighted by Crippen LogP contribution is 2.39. The van der Waals surface area contributed by atoms with Crippen molar-refractivity contribution in [2.24, 2.45) is 5.92 Å². The number of aromatic amines is 8. The highest BCUT2D eigenvalue weighted by atomic mass is 32.2. The van der Waals surface area contributed by atoms with Crippen molar-refractivity contribution in [1.29, 1.82) is 0 Å². The van der Waals surface area contributed by atoms with Gasteiger partial charge in [0.25, 0.3) is 0 Å². The molecule has 16 aromatic heterocycles. The number of piperidine rings is 1. The van der Waals surface area contributed by atoms with Crippen LogP contribution in [-0.4, -0.2) is 240 Å².